The molecule has 1 saturated heterocycles. The van der Waals surface area contributed by atoms with Gasteiger partial charge in [-0.3, -0.25) is 9.59 Å². The number of hydrogen-bond acceptors (Lipinski definition) is 5. The third kappa shape index (κ3) is 2.31. The molecule has 20 heavy (non-hydrogen) atoms. The Morgan fingerprint density at radius 3 is 3.10 bits per heavy atom. The van der Waals surface area contributed by atoms with Crippen LogP contribution in [0.5, 0.6) is 0 Å². The van der Waals surface area contributed by atoms with Crippen molar-refractivity contribution < 1.29 is 19.1 Å². The molecule has 2 amide bonds. The van der Waals surface area contributed by atoms with Crippen molar-refractivity contribution in [2.24, 2.45) is 16.9 Å². The van der Waals surface area contributed by atoms with Gasteiger partial charge in [-0.05, 0) is 6.42 Å². The van der Waals surface area contributed by atoms with Crippen LogP contribution in [0.1, 0.15) is 19.3 Å². The minimum absolute atomic E-state index is 0.0790. The first-order valence-corrected chi connectivity index (χ1v) is 6.97. The molecule has 0 radical (unpaired) electrons. The summed E-state index contributed by atoms with van der Waals surface area (Å²) in [5.74, 6) is 0.237. The molecule has 7 heteroatoms. The van der Waals surface area contributed by atoms with Crippen molar-refractivity contribution in [2.45, 2.75) is 31.4 Å². The molecule has 4 atom stereocenters. The number of hydrazone groups is 1. The van der Waals surface area contributed by atoms with Gasteiger partial charge in [-0.1, -0.05) is 0 Å². The minimum atomic E-state index is -0.193. The summed E-state index contributed by atoms with van der Waals surface area (Å²) in [5, 5.41) is 6.85. The lowest BCUT2D eigenvalue weighted by Crippen LogP contribution is -2.63. The van der Waals surface area contributed by atoms with Crippen molar-refractivity contribution in [3.63, 3.8) is 0 Å². The molecule has 0 bridgehead atoms. The average Bonchev–Trinajstić information content (AvgIpc) is 2.87. The Morgan fingerprint density at radius 1 is 1.55 bits per heavy atom. The van der Waals surface area contributed by atoms with Gasteiger partial charge >= 0.3 is 0 Å². The Balaban J connectivity index is 1.61. The molecule has 3 aliphatic rings. The number of methoxy groups -OCH3 is 1. The first-order valence-electron chi connectivity index (χ1n) is 6.97. The van der Waals surface area contributed by atoms with Gasteiger partial charge in [0.2, 0.25) is 5.91 Å². The summed E-state index contributed by atoms with van der Waals surface area (Å²) in [6, 6.07) is 0.0790. The molecule has 0 spiro atoms. The van der Waals surface area contributed by atoms with Crippen molar-refractivity contribution in [1.82, 2.24) is 10.7 Å². The first-order chi connectivity index (χ1) is 9.70. The number of ether oxygens (including phenoxy) is 2. The zero-order chi connectivity index (χ0) is 14.1. The average molecular weight is 281 g/mol. The standard InChI is InChI=1S/C13H19N3O4/c1-19-6-8-11(7-4-5-20-12(7)8)14-13(18)9-2-3-10(17)16-15-9/h7-8,11-12H,2-6H2,1H3,(H,14,18)(H,16,17)/t7-,8+,11-,12-/m0/s1. The summed E-state index contributed by atoms with van der Waals surface area (Å²) < 4.78 is 10.9. The van der Waals surface area contributed by atoms with E-state index in [-0.39, 0.29) is 29.9 Å². The maximum absolute atomic E-state index is 12.2. The lowest BCUT2D eigenvalue weighted by atomic mass is 9.67. The number of nitrogens with one attached hydrogen (secondary N) is 2. The highest BCUT2D eigenvalue weighted by molar-refractivity contribution is 6.39. The van der Waals surface area contributed by atoms with E-state index in [4.69, 9.17) is 9.47 Å². The monoisotopic (exact) mass is 281 g/mol. The third-order valence-corrected chi connectivity index (χ3v) is 4.35. The van der Waals surface area contributed by atoms with Gasteiger partial charge in [-0.2, -0.15) is 5.10 Å². The molecule has 110 valence electrons. The molecule has 0 aromatic rings. The summed E-state index contributed by atoms with van der Waals surface area (Å²) in [5.41, 5.74) is 2.74. The smallest absolute Gasteiger partial charge is 0.267 e. The van der Waals surface area contributed by atoms with E-state index in [1.165, 1.54) is 0 Å². The second-order valence-electron chi connectivity index (χ2n) is 5.50. The largest absolute Gasteiger partial charge is 0.384 e. The molecule has 2 heterocycles. The van der Waals surface area contributed by atoms with E-state index in [0.717, 1.165) is 13.0 Å². The maximum atomic E-state index is 12.2. The van der Waals surface area contributed by atoms with Crippen LogP contribution in [-0.4, -0.2) is 50.0 Å². The minimum Gasteiger partial charge on any atom is -0.384 e. The second kappa shape index (κ2) is 5.49. The number of carbonyl (C=O) groups is 2. The molecule has 1 aliphatic carbocycles. The van der Waals surface area contributed by atoms with Crippen LogP contribution in [-0.2, 0) is 19.1 Å². The predicted octanol–water partition coefficient (Wildman–Crippen LogP) is -0.581. The van der Waals surface area contributed by atoms with Gasteiger partial charge in [-0.25, -0.2) is 5.43 Å². The van der Waals surface area contributed by atoms with Crippen LogP contribution in [0.2, 0.25) is 0 Å². The van der Waals surface area contributed by atoms with Crippen LogP contribution in [0.4, 0.5) is 0 Å². The SMILES string of the molecule is COC[C@@H]1[C@@H](NC(=O)C2=NNC(=O)CC2)[C@@H]2CCO[C@H]12. The van der Waals surface area contributed by atoms with Gasteiger partial charge in [-0.15, -0.1) is 0 Å². The van der Waals surface area contributed by atoms with Crippen molar-refractivity contribution in [3.8, 4) is 0 Å². The molecule has 2 fully saturated rings. The zero-order valence-corrected chi connectivity index (χ0v) is 11.4. The number of carbonyl (C=O) groups excluding carboxylic acids is 2. The van der Waals surface area contributed by atoms with Crippen molar-refractivity contribution >= 4 is 17.5 Å². The van der Waals surface area contributed by atoms with E-state index < -0.39 is 0 Å². The Labute approximate surface area is 117 Å². The van der Waals surface area contributed by atoms with Crippen LogP contribution in [0.3, 0.4) is 0 Å². The molecule has 2 N–H and O–H groups in total. The quantitative estimate of drug-likeness (QED) is 0.721. The van der Waals surface area contributed by atoms with Crippen LogP contribution in [0, 0.1) is 11.8 Å². The van der Waals surface area contributed by atoms with Gasteiger partial charge in [0.1, 0.15) is 5.71 Å². The highest BCUT2D eigenvalue weighted by Gasteiger charge is 2.54. The number of nitrogens with zero attached hydrogens (tertiary/aromatic N) is 1. The lowest BCUT2D eigenvalue weighted by Gasteiger charge is -2.47. The molecular weight excluding hydrogens is 262 g/mol. The Hall–Kier alpha value is -1.47. The van der Waals surface area contributed by atoms with E-state index in [1.807, 2.05) is 0 Å². The Kier molecular flexibility index (Phi) is 3.71. The molecular formula is C13H19N3O4. The molecule has 0 aromatic carbocycles. The first kappa shape index (κ1) is 13.5. The topological polar surface area (TPSA) is 89.0 Å². The number of amides is 2. The van der Waals surface area contributed by atoms with Gasteiger partial charge in [0.15, 0.2) is 0 Å². The van der Waals surface area contributed by atoms with Crippen LogP contribution in [0.15, 0.2) is 5.10 Å². The summed E-state index contributed by atoms with van der Waals surface area (Å²) in [7, 11) is 1.65. The maximum Gasteiger partial charge on any atom is 0.267 e. The highest BCUT2D eigenvalue weighted by Crippen LogP contribution is 2.43. The van der Waals surface area contributed by atoms with E-state index in [9.17, 15) is 9.59 Å². The fourth-order valence-corrected chi connectivity index (χ4v) is 3.31. The fourth-order valence-electron chi connectivity index (χ4n) is 3.31. The van der Waals surface area contributed by atoms with E-state index in [1.54, 1.807) is 7.11 Å². The van der Waals surface area contributed by atoms with Gasteiger partial charge in [0.05, 0.1) is 12.7 Å². The summed E-state index contributed by atoms with van der Waals surface area (Å²) >= 11 is 0. The second-order valence-corrected chi connectivity index (χ2v) is 5.50. The van der Waals surface area contributed by atoms with Gasteiger partial charge in [0.25, 0.3) is 5.91 Å². The van der Waals surface area contributed by atoms with Crippen LogP contribution < -0.4 is 10.7 Å². The summed E-state index contributed by atoms with van der Waals surface area (Å²) in [6.07, 6.45) is 1.88. The highest BCUT2D eigenvalue weighted by atomic mass is 16.5. The molecule has 0 aromatic heterocycles. The predicted molar refractivity (Wildman–Crippen MR) is 70.0 cm³/mol. The van der Waals surface area contributed by atoms with Crippen molar-refractivity contribution in [3.05, 3.63) is 0 Å². The number of rotatable bonds is 4. The van der Waals surface area contributed by atoms with E-state index >= 15 is 0 Å². The molecule has 0 unspecified atom stereocenters. The zero-order valence-electron chi connectivity index (χ0n) is 11.4. The summed E-state index contributed by atoms with van der Waals surface area (Å²) in [4.78, 5) is 23.2. The lowest BCUT2D eigenvalue weighted by molar-refractivity contribution is -0.124. The summed E-state index contributed by atoms with van der Waals surface area (Å²) in [6.45, 7) is 1.33. The third-order valence-electron chi connectivity index (χ3n) is 4.35. The van der Waals surface area contributed by atoms with Crippen LogP contribution >= 0.6 is 0 Å². The number of fused-ring (bicyclic) bond motifs is 1. The van der Waals surface area contributed by atoms with E-state index in [0.29, 0.717) is 31.1 Å². The molecule has 2 aliphatic heterocycles. The van der Waals surface area contributed by atoms with E-state index in [2.05, 4.69) is 15.8 Å². The molecule has 7 nitrogen and oxygen atoms in total. The van der Waals surface area contributed by atoms with Crippen molar-refractivity contribution in [1.29, 1.82) is 0 Å². The molecule has 1 saturated carbocycles. The van der Waals surface area contributed by atoms with Gasteiger partial charge in [0, 0.05) is 44.4 Å². The Morgan fingerprint density at radius 2 is 2.40 bits per heavy atom. The molecule has 3 rings (SSSR count). The normalized spacial score (nSPS) is 35.6. The van der Waals surface area contributed by atoms with Crippen molar-refractivity contribution in [2.75, 3.05) is 20.3 Å². The Bertz CT molecular complexity index is 451. The number of hydrogen-bond donors (Lipinski definition) is 2. The van der Waals surface area contributed by atoms with Crippen LogP contribution in [0.25, 0.3) is 0 Å². The fraction of sp³-hybridized carbons (Fsp3) is 0.769. The van der Waals surface area contributed by atoms with Gasteiger partial charge < -0.3 is 14.8 Å².